The van der Waals surface area contributed by atoms with Crippen LogP contribution in [0.25, 0.3) is 0 Å². The van der Waals surface area contributed by atoms with Crippen LogP contribution in [0.4, 0.5) is 11.4 Å². The Hall–Kier alpha value is -1.88. The van der Waals surface area contributed by atoms with Crippen molar-refractivity contribution >= 4 is 27.3 Å². The SMILES string of the molecule is CCC(Nc1ccc(Br)cc1[N+](=O)[O-])c1ccc(C)cc1. The summed E-state index contributed by atoms with van der Waals surface area (Å²) in [6.07, 6.45) is 0.844. The summed E-state index contributed by atoms with van der Waals surface area (Å²) < 4.78 is 0.697. The van der Waals surface area contributed by atoms with Gasteiger partial charge in [0.25, 0.3) is 5.69 Å². The maximum Gasteiger partial charge on any atom is 0.293 e. The summed E-state index contributed by atoms with van der Waals surface area (Å²) in [4.78, 5) is 10.8. The van der Waals surface area contributed by atoms with Crippen molar-refractivity contribution < 1.29 is 4.92 Å². The Bertz CT molecular complexity index is 641. The minimum atomic E-state index is -0.366. The van der Waals surface area contributed by atoms with Crippen LogP contribution in [0.15, 0.2) is 46.9 Å². The molecule has 110 valence electrons. The number of nitro groups is 1. The summed E-state index contributed by atoms with van der Waals surface area (Å²) in [7, 11) is 0. The Morgan fingerprint density at radius 1 is 1.24 bits per heavy atom. The number of hydrogen-bond acceptors (Lipinski definition) is 3. The number of anilines is 1. The van der Waals surface area contributed by atoms with E-state index in [0.717, 1.165) is 12.0 Å². The molecule has 0 bridgehead atoms. The first kappa shape index (κ1) is 15.5. The quantitative estimate of drug-likeness (QED) is 0.594. The van der Waals surface area contributed by atoms with Crippen molar-refractivity contribution in [3.05, 3.63) is 68.2 Å². The number of nitrogens with one attached hydrogen (secondary N) is 1. The second kappa shape index (κ2) is 6.72. The number of nitro benzene ring substituents is 1. The molecule has 0 aromatic heterocycles. The van der Waals surface area contributed by atoms with E-state index in [4.69, 9.17) is 0 Å². The molecule has 1 atom stereocenters. The van der Waals surface area contributed by atoms with Gasteiger partial charge in [-0.05, 0) is 31.0 Å². The fourth-order valence-corrected chi connectivity index (χ4v) is 2.53. The molecule has 0 saturated carbocycles. The number of halogens is 1. The van der Waals surface area contributed by atoms with Crippen molar-refractivity contribution in [2.24, 2.45) is 0 Å². The molecule has 0 heterocycles. The fraction of sp³-hybridized carbons (Fsp3) is 0.250. The molecule has 0 aliphatic rings. The lowest BCUT2D eigenvalue weighted by Crippen LogP contribution is -2.11. The Morgan fingerprint density at radius 3 is 2.48 bits per heavy atom. The van der Waals surface area contributed by atoms with Crippen LogP contribution < -0.4 is 5.32 Å². The zero-order chi connectivity index (χ0) is 15.4. The summed E-state index contributed by atoms with van der Waals surface area (Å²) in [5.41, 5.74) is 2.94. The molecule has 1 N–H and O–H groups in total. The predicted molar refractivity (Wildman–Crippen MR) is 88.6 cm³/mol. The highest BCUT2D eigenvalue weighted by Crippen LogP contribution is 2.32. The molecule has 0 aliphatic heterocycles. The van der Waals surface area contributed by atoms with Gasteiger partial charge in [0.15, 0.2) is 0 Å². The van der Waals surface area contributed by atoms with E-state index in [2.05, 4.69) is 52.4 Å². The number of nitrogens with zero attached hydrogens (tertiary/aromatic N) is 1. The molecule has 0 radical (unpaired) electrons. The first-order chi connectivity index (χ1) is 10.0. The largest absolute Gasteiger partial charge is 0.373 e. The summed E-state index contributed by atoms with van der Waals surface area (Å²) >= 11 is 3.27. The summed E-state index contributed by atoms with van der Waals surface area (Å²) in [5, 5.41) is 14.4. The minimum absolute atomic E-state index is 0.0467. The first-order valence-electron chi connectivity index (χ1n) is 6.78. The predicted octanol–water partition coefficient (Wildman–Crippen LogP) is 5.23. The molecule has 2 aromatic carbocycles. The van der Waals surface area contributed by atoms with E-state index < -0.39 is 0 Å². The van der Waals surface area contributed by atoms with Gasteiger partial charge >= 0.3 is 0 Å². The van der Waals surface area contributed by atoms with Gasteiger partial charge in [0.1, 0.15) is 5.69 Å². The zero-order valence-electron chi connectivity index (χ0n) is 12.0. The molecule has 2 aromatic rings. The number of hydrogen-bond donors (Lipinski definition) is 1. The van der Waals surface area contributed by atoms with Gasteiger partial charge in [-0.1, -0.05) is 52.7 Å². The van der Waals surface area contributed by atoms with E-state index in [1.807, 2.05) is 6.92 Å². The van der Waals surface area contributed by atoms with E-state index in [9.17, 15) is 10.1 Å². The smallest absolute Gasteiger partial charge is 0.293 e. The highest BCUT2D eigenvalue weighted by Gasteiger charge is 2.17. The monoisotopic (exact) mass is 348 g/mol. The minimum Gasteiger partial charge on any atom is -0.373 e. The lowest BCUT2D eigenvalue weighted by atomic mass is 10.0. The molecular formula is C16H17BrN2O2. The summed E-state index contributed by atoms with van der Waals surface area (Å²) in [5.74, 6) is 0. The van der Waals surface area contributed by atoms with Crippen LogP contribution in [0, 0.1) is 17.0 Å². The van der Waals surface area contributed by atoms with Crippen molar-refractivity contribution in [1.29, 1.82) is 0 Å². The standard InChI is InChI=1S/C16H17BrN2O2/c1-3-14(12-6-4-11(2)5-7-12)18-15-9-8-13(17)10-16(15)19(20)21/h4-10,14,18H,3H2,1-2H3. The van der Waals surface area contributed by atoms with Gasteiger partial charge in [0.05, 0.1) is 11.0 Å². The Balaban J connectivity index is 2.30. The third-order valence-corrected chi connectivity index (χ3v) is 3.87. The molecule has 1 unspecified atom stereocenters. The van der Waals surface area contributed by atoms with Gasteiger partial charge in [-0.2, -0.15) is 0 Å². The van der Waals surface area contributed by atoms with Crippen LogP contribution in [-0.2, 0) is 0 Å². The molecule has 0 saturated heterocycles. The molecule has 5 heteroatoms. The average Bonchev–Trinajstić information content (AvgIpc) is 2.47. The molecule has 21 heavy (non-hydrogen) atoms. The third-order valence-electron chi connectivity index (χ3n) is 3.37. The number of aryl methyl sites for hydroxylation is 1. The second-order valence-corrected chi connectivity index (χ2v) is 5.85. The zero-order valence-corrected chi connectivity index (χ0v) is 13.6. The van der Waals surface area contributed by atoms with Crippen LogP contribution in [0.5, 0.6) is 0 Å². The summed E-state index contributed by atoms with van der Waals surface area (Å²) in [6, 6.07) is 13.3. The highest BCUT2D eigenvalue weighted by atomic mass is 79.9. The highest BCUT2D eigenvalue weighted by molar-refractivity contribution is 9.10. The topological polar surface area (TPSA) is 55.2 Å². The van der Waals surface area contributed by atoms with Gasteiger partial charge in [-0.25, -0.2) is 0 Å². The van der Waals surface area contributed by atoms with Gasteiger partial charge in [0.2, 0.25) is 0 Å². The normalized spacial score (nSPS) is 12.0. The molecule has 2 rings (SSSR count). The van der Waals surface area contributed by atoms with Crippen LogP contribution in [-0.4, -0.2) is 4.92 Å². The van der Waals surface area contributed by atoms with Gasteiger partial charge in [0, 0.05) is 10.5 Å². The molecule has 4 nitrogen and oxygen atoms in total. The van der Waals surface area contributed by atoms with E-state index in [0.29, 0.717) is 10.2 Å². The van der Waals surface area contributed by atoms with Crippen LogP contribution in [0.1, 0.15) is 30.5 Å². The van der Waals surface area contributed by atoms with Crippen molar-refractivity contribution in [3.63, 3.8) is 0 Å². The summed E-state index contributed by atoms with van der Waals surface area (Å²) in [6.45, 7) is 4.10. The lowest BCUT2D eigenvalue weighted by Gasteiger charge is -2.19. The van der Waals surface area contributed by atoms with Crippen molar-refractivity contribution in [2.75, 3.05) is 5.32 Å². The van der Waals surface area contributed by atoms with Crippen molar-refractivity contribution in [2.45, 2.75) is 26.3 Å². The van der Waals surface area contributed by atoms with Gasteiger partial charge in [-0.3, -0.25) is 10.1 Å². The van der Waals surface area contributed by atoms with E-state index in [1.165, 1.54) is 11.6 Å². The number of benzene rings is 2. The van der Waals surface area contributed by atoms with Crippen LogP contribution in [0.2, 0.25) is 0 Å². The molecule has 0 amide bonds. The fourth-order valence-electron chi connectivity index (χ4n) is 2.19. The lowest BCUT2D eigenvalue weighted by molar-refractivity contribution is -0.384. The van der Waals surface area contributed by atoms with E-state index >= 15 is 0 Å². The Morgan fingerprint density at radius 2 is 1.90 bits per heavy atom. The van der Waals surface area contributed by atoms with E-state index in [1.54, 1.807) is 12.1 Å². The van der Waals surface area contributed by atoms with Gasteiger partial charge < -0.3 is 5.32 Å². The van der Waals surface area contributed by atoms with Crippen molar-refractivity contribution in [3.8, 4) is 0 Å². The Kier molecular flexibility index (Phi) is 4.96. The van der Waals surface area contributed by atoms with Crippen LogP contribution >= 0.6 is 15.9 Å². The van der Waals surface area contributed by atoms with Crippen LogP contribution in [0.3, 0.4) is 0 Å². The maximum atomic E-state index is 11.2. The van der Waals surface area contributed by atoms with Gasteiger partial charge in [-0.15, -0.1) is 0 Å². The van der Waals surface area contributed by atoms with Crippen molar-refractivity contribution in [1.82, 2.24) is 0 Å². The first-order valence-corrected chi connectivity index (χ1v) is 7.57. The van der Waals surface area contributed by atoms with E-state index in [-0.39, 0.29) is 16.7 Å². The average molecular weight is 349 g/mol. The molecule has 0 spiro atoms. The molecular weight excluding hydrogens is 332 g/mol. The maximum absolute atomic E-state index is 11.2. The molecule has 0 aliphatic carbocycles. The molecule has 0 fully saturated rings. The Labute approximate surface area is 132 Å². The third kappa shape index (κ3) is 3.82. The second-order valence-electron chi connectivity index (χ2n) is 4.93. The number of rotatable bonds is 5.